The zero-order valence-electron chi connectivity index (χ0n) is 14.6. The first kappa shape index (κ1) is 20.8. The molecule has 1 aromatic heterocycles. The summed E-state index contributed by atoms with van der Waals surface area (Å²) >= 11 is 1.15. The number of carbonyl (C=O) groups excluding carboxylic acids is 2. The Kier molecular flexibility index (Phi) is 6.92. The van der Waals surface area contributed by atoms with Gasteiger partial charge in [-0.3, -0.25) is 4.79 Å². The van der Waals surface area contributed by atoms with Crippen LogP contribution in [0.1, 0.15) is 31.4 Å². The van der Waals surface area contributed by atoms with Gasteiger partial charge in [-0.1, -0.05) is 6.07 Å². The first-order valence-corrected chi connectivity index (χ1v) is 8.62. The van der Waals surface area contributed by atoms with Crippen LogP contribution in [-0.4, -0.2) is 49.1 Å². The van der Waals surface area contributed by atoms with Gasteiger partial charge in [-0.15, -0.1) is 11.3 Å². The van der Waals surface area contributed by atoms with E-state index in [9.17, 15) is 22.8 Å². The van der Waals surface area contributed by atoms with Crippen LogP contribution in [0.15, 0.2) is 29.6 Å². The first-order chi connectivity index (χ1) is 12.8. The van der Waals surface area contributed by atoms with E-state index >= 15 is 0 Å². The van der Waals surface area contributed by atoms with Gasteiger partial charge in [0.2, 0.25) is 0 Å². The number of benzene rings is 1. The number of thiazole rings is 1. The van der Waals surface area contributed by atoms with Crippen molar-refractivity contribution in [1.82, 2.24) is 9.88 Å². The Morgan fingerprint density at radius 3 is 2.63 bits per heavy atom. The van der Waals surface area contributed by atoms with Crippen LogP contribution in [0, 0.1) is 0 Å². The zero-order valence-corrected chi connectivity index (χ0v) is 15.4. The molecular weight excluding hydrogens is 385 g/mol. The van der Waals surface area contributed by atoms with Crippen LogP contribution in [0.3, 0.4) is 0 Å². The third kappa shape index (κ3) is 5.51. The van der Waals surface area contributed by atoms with Gasteiger partial charge in [0.15, 0.2) is 5.69 Å². The van der Waals surface area contributed by atoms with Crippen LogP contribution in [0.4, 0.5) is 13.2 Å². The second-order valence-corrected chi connectivity index (χ2v) is 6.36. The SMILES string of the molecule is COCCN(Cc1nc(C(=O)OC)cs1)C(=O)c1cccc(C(F)(F)F)c1. The molecule has 0 saturated carbocycles. The quantitative estimate of drug-likeness (QED) is 0.665. The molecule has 0 bridgehead atoms. The van der Waals surface area contributed by atoms with Crippen molar-refractivity contribution in [2.75, 3.05) is 27.4 Å². The summed E-state index contributed by atoms with van der Waals surface area (Å²) in [4.78, 5) is 29.6. The first-order valence-electron chi connectivity index (χ1n) is 7.74. The maximum absolute atomic E-state index is 12.9. The fourth-order valence-corrected chi connectivity index (χ4v) is 2.99. The molecule has 146 valence electrons. The molecule has 0 aliphatic rings. The van der Waals surface area contributed by atoms with Gasteiger partial charge in [0.25, 0.3) is 5.91 Å². The Labute approximate surface area is 157 Å². The third-order valence-electron chi connectivity index (χ3n) is 3.56. The molecule has 2 aromatic rings. The molecule has 0 atom stereocenters. The van der Waals surface area contributed by atoms with Gasteiger partial charge in [0, 0.05) is 24.6 Å². The number of rotatable bonds is 7. The van der Waals surface area contributed by atoms with Crippen molar-refractivity contribution in [3.63, 3.8) is 0 Å². The molecule has 1 heterocycles. The largest absolute Gasteiger partial charge is 0.464 e. The predicted octanol–water partition coefficient (Wildman–Crippen LogP) is 3.24. The highest BCUT2D eigenvalue weighted by Gasteiger charge is 2.31. The molecule has 0 spiro atoms. The molecule has 10 heteroatoms. The summed E-state index contributed by atoms with van der Waals surface area (Å²) in [5.41, 5.74) is -0.886. The van der Waals surface area contributed by atoms with Crippen LogP contribution in [0.5, 0.6) is 0 Å². The second-order valence-electron chi connectivity index (χ2n) is 5.42. The minimum atomic E-state index is -4.54. The maximum atomic E-state index is 12.9. The van der Waals surface area contributed by atoms with E-state index < -0.39 is 23.6 Å². The number of hydrogen-bond acceptors (Lipinski definition) is 6. The average Bonchev–Trinajstić information content (AvgIpc) is 3.12. The minimum absolute atomic E-state index is 0.0279. The Morgan fingerprint density at radius 2 is 2.00 bits per heavy atom. The van der Waals surface area contributed by atoms with Gasteiger partial charge in [-0.25, -0.2) is 9.78 Å². The van der Waals surface area contributed by atoms with Gasteiger partial charge < -0.3 is 14.4 Å². The number of alkyl halides is 3. The molecule has 1 aromatic carbocycles. The molecule has 0 unspecified atom stereocenters. The van der Waals surface area contributed by atoms with Crippen LogP contribution in [-0.2, 0) is 22.2 Å². The number of aromatic nitrogens is 1. The second kappa shape index (κ2) is 8.96. The predicted molar refractivity (Wildman–Crippen MR) is 91.5 cm³/mol. The number of esters is 1. The summed E-state index contributed by atoms with van der Waals surface area (Å²) in [6.07, 6.45) is -4.54. The monoisotopic (exact) mass is 402 g/mol. The molecule has 1 amide bonds. The Bertz CT molecular complexity index is 807. The molecule has 0 fully saturated rings. The molecule has 2 rings (SSSR count). The fraction of sp³-hybridized carbons (Fsp3) is 0.353. The van der Waals surface area contributed by atoms with Crippen molar-refractivity contribution in [2.24, 2.45) is 0 Å². The summed E-state index contributed by atoms with van der Waals surface area (Å²) in [6.45, 7) is 0.374. The molecular formula is C17H17F3N2O4S. The van der Waals surface area contributed by atoms with Gasteiger partial charge in [-0.05, 0) is 18.2 Å². The summed E-state index contributed by atoms with van der Waals surface area (Å²) in [7, 11) is 2.68. The number of halogens is 3. The summed E-state index contributed by atoms with van der Waals surface area (Å²) in [5, 5.41) is 1.94. The van der Waals surface area contributed by atoms with E-state index in [1.807, 2.05) is 0 Å². The highest BCUT2D eigenvalue weighted by atomic mass is 32.1. The number of hydrogen-bond donors (Lipinski definition) is 0. The van der Waals surface area contributed by atoms with Crippen molar-refractivity contribution in [3.05, 3.63) is 51.5 Å². The van der Waals surface area contributed by atoms with Gasteiger partial charge in [0.05, 0.1) is 25.8 Å². The van der Waals surface area contributed by atoms with Gasteiger partial charge in [-0.2, -0.15) is 13.2 Å². The lowest BCUT2D eigenvalue weighted by atomic mass is 10.1. The van der Waals surface area contributed by atoms with Crippen LogP contribution >= 0.6 is 11.3 Å². The zero-order chi connectivity index (χ0) is 20.0. The van der Waals surface area contributed by atoms with E-state index in [-0.39, 0.29) is 31.0 Å². The summed E-state index contributed by atoms with van der Waals surface area (Å²) < 4.78 is 48.2. The van der Waals surface area contributed by atoms with Crippen molar-refractivity contribution in [1.29, 1.82) is 0 Å². The molecule has 0 aliphatic carbocycles. The molecule has 0 radical (unpaired) electrons. The van der Waals surface area contributed by atoms with Crippen LogP contribution in [0.25, 0.3) is 0 Å². The highest BCUT2D eigenvalue weighted by molar-refractivity contribution is 7.09. The molecule has 0 N–H and O–H groups in total. The number of carbonyl (C=O) groups is 2. The van der Waals surface area contributed by atoms with Gasteiger partial charge >= 0.3 is 12.1 Å². The maximum Gasteiger partial charge on any atom is 0.416 e. The van der Waals surface area contributed by atoms with Gasteiger partial charge in [0.1, 0.15) is 5.01 Å². The minimum Gasteiger partial charge on any atom is -0.464 e. The smallest absolute Gasteiger partial charge is 0.416 e. The fourth-order valence-electron chi connectivity index (χ4n) is 2.21. The lowest BCUT2D eigenvalue weighted by Crippen LogP contribution is -2.33. The third-order valence-corrected chi connectivity index (χ3v) is 4.40. The van der Waals surface area contributed by atoms with Crippen LogP contribution < -0.4 is 0 Å². The normalized spacial score (nSPS) is 11.3. The molecule has 6 nitrogen and oxygen atoms in total. The topological polar surface area (TPSA) is 68.7 Å². The standard InChI is InChI=1S/C17H17F3N2O4S/c1-25-7-6-22(9-14-21-13(10-27-14)16(24)26-2)15(23)11-4-3-5-12(8-11)17(18,19)20/h3-5,8,10H,6-7,9H2,1-2H3. The number of nitrogens with zero attached hydrogens (tertiary/aromatic N) is 2. The molecule has 27 heavy (non-hydrogen) atoms. The Balaban J connectivity index is 2.23. The Hall–Kier alpha value is -2.46. The highest BCUT2D eigenvalue weighted by Crippen LogP contribution is 2.30. The van der Waals surface area contributed by atoms with E-state index in [1.165, 1.54) is 36.6 Å². The Morgan fingerprint density at radius 1 is 1.26 bits per heavy atom. The number of amides is 1. The number of methoxy groups -OCH3 is 2. The van der Waals surface area contributed by atoms with E-state index in [0.717, 1.165) is 23.5 Å². The van der Waals surface area contributed by atoms with Crippen molar-refractivity contribution < 1.29 is 32.2 Å². The van der Waals surface area contributed by atoms with Crippen LogP contribution in [0.2, 0.25) is 0 Å². The van der Waals surface area contributed by atoms with Crippen molar-refractivity contribution >= 4 is 23.2 Å². The summed E-state index contributed by atoms with van der Waals surface area (Å²) in [5.74, 6) is -1.20. The number of ether oxygens (including phenoxy) is 2. The average molecular weight is 402 g/mol. The van der Waals surface area contributed by atoms with E-state index in [4.69, 9.17) is 4.74 Å². The van der Waals surface area contributed by atoms with E-state index in [1.54, 1.807) is 0 Å². The van der Waals surface area contributed by atoms with E-state index in [2.05, 4.69) is 9.72 Å². The lowest BCUT2D eigenvalue weighted by Gasteiger charge is -2.22. The molecule has 0 aliphatic heterocycles. The lowest BCUT2D eigenvalue weighted by molar-refractivity contribution is -0.137. The molecule has 0 saturated heterocycles. The van der Waals surface area contributed by atoms with Crippen molar-refractivity contribution in [3.8, 4) is 0 Å². The van der Waals surface area contributed by atoms with E-state index in [0.29, 0.717) is 5.01 Å². The van der Waals surface area contributed by atoms with Crippen molar-refractivity contribution in [2.45, 2.75) is 12.7 Å². The summed E-state index contributed by atoms with van der Waals surface area (Å²) in [6, 6.07) is 4.21.